The minimum Gasteiger partial charge on any atom is -0.393 e. The van der Waals surface area contributed by atoms with E-state index in [9.17, 15) is 5.11 Å². The van der Waals surface area contributed by atoms with Crippen LogP contribution < -0.4 is 0 Å². The maximum absolute atomic E-state index is 9.84. The summed E-state index contributed by atoms with van der Waals surface area (Å²) in [6, 6.07) is 0. The molecule has 0 heterocycles. The Labute approximate surface area is 76.2 Å². The van der Waals surface area contributed by atoms with Gasteiger partial charge in [-0.2, -0.15) is 0 Å². The second kappa shape index (κ2) is 2.73. The number of aliphatic hydroxyl groups excluding tert-OH is 1. The smallest absolute Gasteiger partial charge is 0.0594 e. The summed E-state index contributed by atoms with van der Waals surface area (Å²) >= 11 is 0. The lowest BCUT2D eigenvalue weighted by Crippen LogP contribution is -2.47. The lowest BCUT2D eigenvalue weighted by atomic mass is 9.57. The van der Waals surface area contributed by atoms with Crippen molar-refractivity contribution in [3.63, 3.8) is 0 Å². The highest BCUT2D eigenvalue weighted by Crippen LogP contribution is 2.50. The van der Waals surface area contributed by atoms with E-state index in [1.807, 2.05) is 0 Å². The van der Waals surface area contributed by atoms with Gasteiger partial charge in [0, 0.05) is 0 Å². The third-order valence-electron chi connectivity index (χ3n) is 4.21. The summed E-state index contributed by atoms with van der Waals surface area (Å²) < 4.78 is 0. The fraction of sp³-hybridized carbons (Fsp3) is 1.00. The molecule has 1 aliphatic rings. The summed E-state index contributed by atoms with van der Waals surface area (Å²) in [5, 5.41) is 9.84. The van der Waals surface area contributed by atoms with Gasteiger partial charge in [-0.1, -0.05) is 34.6 Å². The van der Waals surface area contributed by atoms with Gasteiger partial charge < -0.3 is 5.11 Å². The Bertz CT molecular complexity index is 170. The van der Waals surface area contributed by atoms with Crippen LogP contribution in [0.3, 0.4) is 0 Å². The molecule has 2 atom stereocenters. The lowest BCUT2D eigenvalue weighted by Gasteiger charge is -2.50. The van der Waals surface area contributed by atoms with E-state index in [0.717, 1.165) is 12.8 Å². The number of aliphatic hydroxyl groups is 1. The van der Waals surface area contributed by atoms with Gasteiger partial charge in [0.2, 0.25) is 0 Å². The van der Waals surface area contributed by atoms with Crippen molar-refractivity contribution < 1.29 is 5.11 Å². The summed E-state index contributed by atoms with van der Waals surface area (Å²) in [5.41, 5.74) is 0.477. The first-order chi connectivity index (χ1) is 5.28. The van der Waals surface area contributed by atoms with Crippen LogP contribution in [-0.4, -0.2) is 11.2 Å². The molecule has 0 bridgehead atoms. The molecule has 0 radical (unpaired) electrons. The van der Waals surface area contributed by atoms with Crippen molar-refractivity contribution >= 4 is 0 Å². The first-order valence-electron chi connectivity index (χ1n) is 4.96. The molecule has 1 nitrogen and oxygen atoms in total. The highest BCUT2D eigenvalue weighted by Gasteiger charge is 2.45. The molecule has 0 aliphatic heterocycles. The van der Waals surface area contributed by atoms with E-state index in [2.05, 4.69) is 34.6 Å². The van der Waals surface area contributed by atoms with E-state index in [1.54, 1.807) is 0 Å². The maximum Gasteiger partial charge on any atom is 0.0594 e. The second-order valence-corrected chi connectivity index (χ2v) is 5.59. The molecule has 0 spiro atoms. The van der Waals surface area contributed by atoms with Crippen molar-refractivity contribution in [1.29, 1.82) is 0 Å². The minimum atomic E-state index is -0.111. The van der Waals surface area contributed by atoms with Crippen LogP contribution in [0.25, 0.3) is 0 Å². The summed E-state index contributed by atoms with van der Waals surface area (Å²) in [6.45, 7) is 11.3. The molecule has 0 aromatic carbocycles. The van der Waals surface area contributed by atoms with Gasteiger partial charge in [0.05, 0.1) is 6.10 Å². The molecule has 1 rings (SSSR count). The van der Waals surface area contributed by atoms with Crippen molar-refractivity contribution in [2.75, 3.05) is 0 Å². The molecule has 1 N–H and O–H groups in total. The van der Waals surface area contributed by atoms with Crippen LogP contribution in [0.5, 0.6) is 0 Å². The second-order valence-electron chi connectivity index (χ2n) is 5.59. The highest BCUT2D eigenvalue weighted by molar-refractivity contribution is 4.95. The Hall–Kier alpha value is -0.0400. The SMILES string of the molecule is C[C@@H]1C(C)(C)CC[C@H](O)C1(C)C. The summed E-state index contributed by atoms with van der Waals surface area (Å²) in [4.78, 5) is 0. The van der Waals surface area contributed by atoms with Crippen LogP contribution in [0, 0.1) is 16.7 Å². The Balaban J connectivity index is 2.86. The standard InChI is InChI=1S/C11H22O/c1-8-10(2,3)7-6-9(12)11(8,4)5/h8-9,12H,6-7H2,1-5H3/t8-,9+/m1/s1. The summed E-state index contributed by atoms with van der Waals surface area (Å²) in [6.07, 6.45) is 2.00. The Kier molecular flexibility index (Phi) is 2.28. The molecule has 1 aliphatic carbocycles. The van der Waals surface area contributed by atoms with Crippen molar-refractivity contribution in [1.82, 2.24) is 0 Å². The van der Waals surface area contributed by atoms with Gasteiger partial charge in [0.15, 0.2) is 0 Å². The normalized spacial score (nSPS) is 39.5. The van der Waals surface area contributed by atoms with E-state index < -0.39 is 0 Å². The van der Waals surface area contributed by atoms with Crippen LogP contribution in [0.1, 0.15) is 47.5 Å². The van der Waals surface area contributed by atoms with Crippen molar-refractivity contribution in [2.45, 2.75) is 53.6 Å². The van der Waals surface area contributed by atoms with E-state index in [4.69, 9.17) is 0 Å². The molecule has 12 heavy (non-hydrogen) atoms. The fourth-order valence-electron chi connectivity index (χ4n) is 2.39. The van der Waals surface area contributed by atoms with Crippen LogP contribution in [0.15, 0.2) is 0 Å². The third kappa shape index (κ3) is 1.39. The predicted octanol–water partition coefficient (Wildman–Crippen LogP) is 2.83. The summed E-state index contributed by atoms with van der Waals surface area (Å²) in [7, 11) is 0. The molecule has 1 saturated carbocycles. The average Bonchev–Trinajstić information content (AvgIpc) is 1.96. The Morgan fingerprint density at radius 3 is 2.08 bits per heavy atom. The number of hydrogen-bond acceptors (Lipinski definition) is 1. The molecule has 0 saturated heterocycles. The van der Waals surface area contributed by atoms with Crippen LogP contribution in [0.4, 0.5) is 0 Å². The summed E-state index contributed by atoms with van der Waals surface area (Å²) in [5.74, 6) is 0.591. The molecule has 0 aromatic heterocycles. The van der Waals surface area contributed by atoms with Crippen molar-refractivity contribution in [3.05, 3.63) is 0 Å². The minimum absolute atomic E-state index is 0.0851. The Morgan fingerprint density at radius 1 is 1.17 bits per heavy atom. The average molecular weight is 170 g/mol. The van der Waals surface area contributed by atoms with E-state index >= 15 is 0 Å². The topological polar surface area (TPSA) is 20.2 Å². The van der Waals surface area contributed by atoms with Gasteiger partial charge in [-0.05, 0) is 29.6 Å². The number of hydrogen-bond donors (Lipinski definition) is 1. The quantitative estimate of drug-likeness (QED) is 0.592. The lowest BCUT2D eigenvalue weighted by molar-refractivity contribution is -0.0800. The molecule has 72 valence electrons. The molecule has 0 amide bonds. The van der Waals surface area contributed by atoms with E-state index in [-0.39, 0.29) is 11.5 Å². The largest absolute Gasteiger partial charge is 0.393 e. The molecular formula is C11H22O. The van der Waals surface area contributed by atoms with E-state index in [1.165, 1.54) is 0 Å². The zero-order valence-corrected chi connectivity index (χ0v) is 9.02. The molecular weight excluding hydrogens is 148 g/mol. The van der Waals surface area contributed by atoms with Crippen molar-refractivity contribution in [3.8, 4) is 0 Å². The van der Waals surface area contributed by atoms with E-state index in [0.29, 0.717) is 11.3 Å². The van der Waals surface area contributed by atoms with Gasteiger partial charge in [0.1, 0.15) is 0 Å². The fourth-order valence-corrected chi connectivity index (χ4v) is 2.39. The first-order valence-corrected chi connectivity index (χ1v) is 4.96. The maximum atomic E-state index is 9.84. The monoisotopic (exact) mass is 170 g/mol. The first kappa shape index (κ1) is 10.0. The van der Waals surface area contributed by atoms with Gasteiger partial charge in [-0.25, -0.2) is 0 Å². The van der Waals surface area contributed by atoms with Gasteiger partial charge in [0.25, 0.3) is 0 Å². The van der Waals surface area contributed by atoms with Crippen LogP contribution in [0.2, 0.25) is 0 Å². The van der Waals surface area contributed by atoms with Gasteiger partial charge in [-0.3, -0.25) is 0 Å². The molecule has 0 unspecified atom stereocenters. The molecule has 1 fully saturated rings. The zero-order valence-electron chi connectivity index (χ0n) is 9.02. The van der Waals surface area contributed by atoms with Crippen molar-refractivity contribution in [2.24, 2.45) is 16.7 Å². The number of rotatable bonds is 0. The van der Waals surface area contributed by atoms with Gasteiger partial charge >= 0.3 is 0 Å². The van der Waals surface area contributed by atoms with Crippen LogP contribution in [-0.2, 0) is 0 Å². The third-order valence-corrected chi connectivity index (χ3v) is 4.21. The Morgan fingerprint density at radius 2 is 1.67 bits per heavy atom. The van der Waals surface area contributed by atoms with Gasteiger partial charge in [-0.15, -0.1) is 0 Å². The highest BCUT2D eigenvalue weighted by atomic mass is 16.3. The predicted molar refractivity (Wildman–Crippen MR) is 52.0 cm³/mol. The zero-order chi connectivity index (χ0) is 9.57. The molecule has 1 heteroatoms. The van der Waals surface area contributed by atoms with Crippen LogP contribution >= 0.6 is 0 Å². The molecule has 0 aromatic rings.